The number of aliphatic hydroxyl groups is 2. The first-order valence-corrected chi connectivity index (χ1v) is 8.40. The molecule has 0 saturated carbocycles. The zero-order chi connectivity index (χ0) is 16.1. The third-order valence-corrected chi connectivity index (χ3v) is 5.12. The fraction of sp³-hybridized carbons (Fsp3) is 0.786. The zero-order valence-electron chi connectivity index (χ0n) is 13.1. The fourth-order valence-corrected chi connectivity index (χ4v) is 3.57. The Labute approximate surface area is 134 Å². The number of amides is 1. The molecular weight excluding hydrogens is 304 g/mol. The zero-order valence-corrected chi connectivity index (χ0v) is 13.9. The molecule has 0 aliphatic carbocycles. The molecule has 0 bridgehead atoms. The summed E-state index contributed by atoms with van der Waals surface area (Å²) in [5.74, 6) is 0.262. The molecule has 2 atom stereocenters. The maximum atomic E-state index is 12.5. The molecule has 1 aromatic rings. The number of likely N-dealkylation sites (tertiary alicyclic amines) is 1. The lowest BCUT2D eigenvalue weighted by molar-refractivity contribution is 0.0782. The standard InChI is InChI=1S/C14H24N4O3S/c1-3-17(4-5-19)6-11-7-18(8-12(11)9-20)14(21)13-10(2)15-16-22-13/h11-12,19-20H,3-9H2,1-2H3/t11-,12-/m1/s1. The van der Waals surface area contributed by atoms with Crippen LogP contribution in [0.25, 0.3) is 0 Å². The Balaban J connectivity index is 2.02. The molecule has 0 aromatic carbocycles. The van der Waals surface area contributed by atoms with E-state index in [9.17, 15) is 9.90 Å². The molecule has 2 heterocycles. The van der Waals surface area contributed by atoms with Crippen molar-refractivity contribution in [3.8, 4) is 0 Å². The van der Waals surface area contributed by atoms with E-state index in [1.54, 1.807) is 11.8 Å². The summed E-state index contributed by atoms with van der Waals surface area (Å²) in [7, 11) is 0. The average Bonchev–Trinajstić information content (AvgIpc) is 3.12. The maximum Gasteiger partial charge on any atom is 0.267 e. The van der Waals surface area contributed by atoms with Crippen molar-refractivity contribution in [2.45, 2.75) is 13.8 Å². The van der Waals surface area contributed by atoms with Crippen LogP contribution in [-0.2, 0) is 0 Å². The molecule has 0 radical (unpaired) electrons. The molecule has 2 N–H and O–H groups in total. The molecule has 1 aromatic heterocycles. The average molecular weight is 328 g/mol. The molecule has 2 rings (SSSR count). The van der Waals surface area contributed by atoms with E-state index >= 15 is 0 Å². The third kappa shape index (κ3) is 3.81. The monoisotopic (exact) mass is 328 g/mol. The number of likely N-dealkylation sites (N-methyl/N-ethyl adjacent to an activating group) is 1. The molecule has 124 valence electrons. The van der Waals surface area contributed by atoms with Gasteiger partial charge in [0.25, 0.3) is 5.91 Å². The summed E-state index contributed by atoms with van der Waals surface area (Å²) in [6.07, 6.45) is 0. The van der Waals surface area contributed by atoms with Crippen LogP contribution in [-0.4, -0.2) is 81.4 Å². The van der Waals surface area contributed by atoms with Crippen LogP contribution in [0.5, 0.6) is 0 Å². The molecule has 1 aliphatic heterocycles. The van der Waals surface area contributed by atoms with Gasteiger partial charge in [0.05, 0.1) is 12.3 Å². The van der Waals surface area contributed by atoms with Crippen molar-refractivity contribution in [2.24, 2.45) is 11.8 Å². The van der Waals surface area contributed by atoms with Crippen LogP contribution in [0.1, 0.15) is 22.3 Å². The summed E-state index contributed by atoms with van der Waals surface area (Å²) in [5, 5.41) is 22.6. The first-order chi connectivity index (χ1) is 10.6. The van der Waals surface area contributed by atoms with Gasteiger partial charge in [0, 0.05) is 38.7 Å². The van der Waals surface area contributed by atoms with Crippen molar-refractivity contribution in [1.29, 1.82) is 0 Å². The second-order valence-corrected chi connectivity index (χ2v) is 6.47. The Bertz CT molecular complexity index is 496. The number of hydrogen-bond acceptors (Lipinski definition) is 7. The predicted octanol–water partition coefficient (Wildman–Crippen LogP) is -0.159. The Morgan fingerprint density at radius 2 is 2.14 bits per heavy atom. The first-order valence-electron chi connectivity index (χ1n) is 7.63. The van der Waals surface area contributed by atoms with Crippen molar-refractivity contribution in [1.82, 2.24) is 19.4 Å². The van der Waals surface area contributed by atoms with E-state index in [1.807, 2.05) is 6.92 Å². The van der Waals surface area contributed by atoms with Gasteiger partial charge in [-0.3, -0.25) is 4.79 Å². The van der Waals surface area contributed by atoms with Gasteiger partial charge in [0.1, 0.15) is 4.88 Å². The van der Waals surface area contributed by atoms with Gasteiger partial charge in [-0.2, -0.15) is 0 Å². The SMILES string of the molecule is CCN(CCO)C[C@@H]1CN(C(=O)c2snnc2C)C[C@@H]1CO. The summed E-state index contributed by atoms with van der Waals surface area (Å²) in [5.41, 5.74) is 0.662. The lowest BCUT2D eigenvalue weighted by Crippen LogP contribution is -2.36. The van der Waals surface area contributed by atoms with Gasteiger partial charge in [0.15, 0.2) is 0 Å². The molecule has 0 unspecified atom stereocenters. The minimum atomic E-state index is -0.0429. The molecule has 1 saturated heterocycles. The van der Waals surface area contributed by atoms with E-state index in [-0.39, 0.29) is 31.0 Å². The highest BCUT2D eigenvalue weighted by Gasteiger charge is 2.36. The van der Waals surface area contributed by atoms with Crippen LogP contribution in [0.3, 0.4) is 0 Å². The number of aliphatic hydroxyl groups excluding tert-OH is 2. The van der Waals surface area contributed by atoms with Crippen LogP contribution in [0.4, 0.5) is 0 Å². The van der Waals surface area contributed by atoms with Gasteiger partial charge in [-0.1, -0.05) is 11.4 Å². The molecule has 1 amide bonds. The lowest BCUT2D eigenvalue weighted by Gasteiger charge is -2.25. The third-order valence-electron chi connectivity index (χ3n) is 4.30. The van der Waals surface area contributed by atoms with Gasteiger partial charge < -0.3 is 20.0 Å². The summed E-state index contributed by atoms with van der Waals surface area (Å²) >= 11 is 1.12. The summed E-state index contributed by atoms with van der Waals surface area (Å²) in [6, 6.07) is 0. The smallest absolute Gasteiger partial charge is 0.267 e. The number of carbonyl (C=O) groups excluding carboxylic acids is 1. The Hall–Kier alpha value is -1.09. The minimum Gasteiger partial charge on any atom is -0.396 e. The van der Waals surface area contributed by atoms with Crippen molar-refractivity contribution in [3.05, 3.63) is 10.6 Å². The van der Waals surface area contributed by atoms with Gasteiger partial charge in [-0.05, 0) is 30.9 Å². The second-order valence-electron chi connectivity index (χ2n) is 5.72. The van der Waals surface area contributed by atoms with E-state index in [4.69, 9.17) is 5.11 Å². The maximum absolute atomic E-state index is 12.5. The van der Waals surface area contributed by atoms with Crippen LogP contribution >= 0.6 is 11.5 Å². The molecule has 1 fully saturated rings. The number of rotatable bonds is 7. The molecule has 0 spiro atoms. The van der Waals surface area contributed by atoms with Crippen LogP contribution in [0.15, 0.2) is 0 Å². The van der Waals surface area contributed by atoms with E-state index in [0.29, 0.717) is 30.2 Å². The van der Waals surface area contributed by atoms with Crippen molar-refractivity contribution in [2.75, 3.05) is 45.9 Å². The van der Waals surface area contributed by atoms with E-state index in [0.717, 1.165) is 24.6 Å². The van der Waals surface area contributed by atoms with E-state index in [1.165, 1.54) is 0 Å². The molecule has 22 heavy (non-hydrogen) atoms. The summed E-state index contributed by atoms with van der Waals surface area (Å²) < 4.78 is 3.82. The lowest BCUT2D eigenvalue weighted by atomic mass is 9.96. The summed E-state index contributed by atoms with van der Waals surface area (Å²) in [6.45, 7) is 7.48. The van der Waals surface area contributed by atoms with Crippen LogP contribution in [0.2, 0.25) is 0 Å². The Morgan fingerprint density at radius 1 is 1.41 bits per heavy atom. The Morgan fingerprint density at radius 3 is 2.68 bits per heavy atom. The van der Waals surface area contributed by atoms with Gasteiger partial charge in [-0.25, -0.2) is 0 Å². The Kier molecular flexibility index (Phi) is 6.25. The molecule has 1 aliphatic rings. The largest absolute Gasteiger partial charge is 0.396 e. The number of aryl methyl sites for hydroxylation is 1. The topological polar surface area (TPSA) is 89.8 Å². The highest BCUT2D eigenvalue weighted by Crippen LogP contribution is 2.26. The molecule has 8 heteroatoms. The molecule has 7 nitrogen and oxygen atoms in total. The van der Waals surface area contributed by atoms with Crippen LogP contribution < -0.4 is 0 Å². The summed E-state index contributed by atoms with van der Waals surface area (Å²) in [4.78, 5) is 17.1. The van der Waals surface area contributed by atoms with Crippen LogP contribution in [0, 0.1) is 18.8 Å². The van der Waals surface area contributed by atoms with Gasteiger partial charge in [0.2, 0.25) is 0 Å². The van der Waals surface area contributed by atoms with Gasteiger partial charge >= 0.3 is 0 Å². The predicted molar refractivity (Wildman–Crippen MR) is 83.8 cm³/mol. The highest BCUT2D eigenvalue weighted by molar-refractivity contribution is 7.07. The first kappa shape index (κ1) is 17.3. The quantitative estimate of drug-likeness (QED) is 0.723. The van der Waals surface area contributed by atoms with E-state index < -0.39 is 0 Å². The van der Waals surface area contributed by atoms with E-state index in [2.05, 4.69) is 14.5 Å². The minimum absolute atomic E-state index is 0.0429. The normalized spacial score (nSPS) is 21.8. The second kappa shape index (κ2) is 7.96. The fourth-order valence-electron chi connectivity index (χ4n) is 2.94. The molecular formula is C14H24N4O3S. The van der Waals surface area contributed by atoms with Crippen molar-refractivity contribution < 1.29 is 15.0 Å². The van der Waals surface area contributed by atoms with Gasteiger partial charge in [-0.15, -0.1) is 5.10 Å². The van der Waals surface area contributed by atoms with Crippen molar-refractivity contribution in [3.63, 3.8) is 0 Å². The number of nitrogens with zero attached hydrogens (tertiary/aromatic N) is 4. The number of carbonyl (C=O) groups is 1. The highest BCUT2D eigenvalue weighted by atomic mass is 32.1. The number of hydrogen-bond donors (Lipinski definition) is 2. The number of aromatic nitrogens is 2. The van der Waals surface area contributed by atoms with Crippen molar-refractivity contribution >= 4 is 17.4 Å².